The van der Waals surface area contributed by atoms with Gasteiger partial charge in [-0.15, -0.1) is 47.5 Å². The summed E-state index contributed by atoms with van der Waals surface area (Å²) in [6.45, 7) is 9.11. The third-order valence-corrected chi connectivity index (χ3v) is 6.83. The normalized spacial score (nSPS) is 15.1. The fraction of sp³-hybridized carbons (Fsp3) is 0.275. The number of hydrogen-bond acceptors (Lipinski definition) is 4. The number of nitrogens with zero attached hydrogens (tertiary/aromatic N) is 3. The average molecular weight is 777 g/mol. The predicted molar refractivity (Wildman–Crippen MR) is 182 cm³/mol. The Labute approximate surface area is 289 Å². The molecule has 0 atom stereocenters. The summed E-state index contributed by atoms with van der Waals surface area (Å²) >= 11 is 0. The molecule has 0 bridgehead atoms. The second-order valence-corrected chi connectivity index (χ2v) is 12.9. The molecule has 3 aromatic carbocycles. The van der Waals surface area contributed by atoms with Crippen molar-refractivity contribution in [1.82, 2.24) is 15.0 Å². The quantitative estimate of drug-likeness (QED) is 0.132. The maximum Gasteiger partial charge on any atom is 0.123 e. The first-order valence-electron chi connectivity index (χ1n) is 18.1. The molecular formula is C40H39IrN3O-2. The second kappa shape index (κ2) is 12.8. The standard InChI is InChI=1S/C23H19N2O.C17H20N.Ir/c1-23(2,3)12-14-9-10-24-18(11-14)16-8-7-15-13-25-17-5-4-6-19-21(17)20(15)22(16)26-19;1-13-5-8-15(9-6-13)16-10-7-14(12-18-16)11-17(2,3)4;/h4-7,9-11,13H,12H2,1-3H3;5-8,10,12H,11H2,1-4H3;/q2*-1;/i12D2;1D3,11D2;. The molecule has 7 aromatic rings. The zero-order valence-corrected chi connectivity index (χ0v) is 28.6. The molecule has 0 aliphatic rings. The maximum absolute atomic E-state index is 8.59. The molecule has 0 saturated carbocycles. The van der Waals surface area contributed by atoms with E-state index in [9.17, 15) is 0 Å². The van der Waals surface area contributed by atoms with Crippen LogP contribution >= 0.6 is 0 Å². The van der Waals surface area contributed by atoms with Crippen molar-refractivity contribution in [3.8, 4) is 22.5 Å². The Morgan fingerprint density at radius 3 is 2.27 bits per heavy atom. The Bertz CT molecular complexity index is 2320. The molecule has 0 spiro atoms. The fourth-order valence-electron chi connectivity index (χ4n) is 5.13. The van der Waals surface area contributed by atoms with Gasteiger partial charge in [-0.1, -0.05) is 89.2 Å². The first-order chi connectivity index (χ1) is 23.7. The Balaban J connectivity index is 0.000000202. The summed E-state index contributed by atoms with van der Waals surface area (Å²) in [5.41, 5.74) is 5.38. The van der Waals surface area contributed by atoms with Gasteiger partial charge in [0, 0.05) is 47.5 Å². The van der Waals surface area contributed by atoms with Crippen LogP contribution < -0.4 is 0 Å². The molecule has 0 aliphatic carbocycles. The molecule has 4 heterocycles. The van der Waals surface area contributed by atoms with Crippen LogP contribution in [0.2, 0.25) is 0 Å². The second-order valence-electron chi connectivity index (χ2n) is 12.9. The van der Waals surface area contributed by atoms with E-state index in [1.165, 1.54) is 12.3 Å². The number of rotatable bonds is 4. The van der Waals surface area contributed by atoms with Crippen LogP contribution in [0.1, 0.15) is 67.8 Å². The van der Waals surface area contributed by atoms with Crippen molar-refractivity contribution in [3.63, 3.8) is 0 Å². The van der Waals surface area contributed by atoms with Gasteiger partial charge in [0.15, 0.2) is 0 Å². The van der Waals surface area contributed by atoms with Gasteiger partial charge in [-0.25, -0.2) is 0 Å². The van der Waals surface area contributed by atoms with Crippen molar-refractivity contribution >= 4 is 32.8 Å². The van der Waals surface area contributed by atoms with Crippen molar-refractivity contribution in [2.45, 2.75) is 61.1 Å². The summed E-state index contributed by atoms with van der Waals surface area (Å²) in [6, 6.07) is 25.6. The minimum atomic E-state index is -2.14. The van der Waals surface area contributed by atoms with Crippen molar-refractivity contribution in [3.05, 3.63) is 114 Å². The van der Waals surface area contributed by atoms with Crippen molar-refractivity contribution in [2.24, 2.45) is 10.8 Å². The molecule has 45 heavy (non-hydrogen) atoms. The van der Waals surface area contributed by atoms with E-state index in [4.69, 9.17) is 14.0 Å². The van der Waals surface area contributed by atoms with E-state index < -0.39 is 30.4 Å². The number of aromatic nitrogens is 3. The average Bonchev–Trinajstić information content (AvgIpc) is 3.47. The fourth-order valence-corrected chi connectivity index (χ4v) is 5.13. The van der Waals surface area contributed by atoms with Gasteiger partial charge in [-0.3, -0.25) is 4.98 Å². The number of furan rings is 1. The summed E-state index contributed by atoms with van der Waals surface area (Å²) in [6.07, 6.45) is 2.04. The van der Waals surface area contributed by atoms with Crippen LogP contribution in [0.25, 0.3) is 55.4 Å². The minimum Gasteiger partial charge on any atom is -0.500 e. The van der Waals surface area contributed by atoms with Crippen LogP contribution in [0.4, 0.5) is 0 Å². The van der Waals surface area contributed by atoms with E-state index in [1.54, 1.807) is 36.5 Å². The van der Waals surface area contributed by atoms with Crippen LogP contribution in [0.3, 0.4) is 0 Å². The zero-order chi connectivity index (χ0) is 37.1. The van der Waals surface area contributed by atoms with Gasteiger partial charge in [-0.2, -0.15) is 0 Å². The summed E-state index contributed by atoms with van der Waals surface area (Å²) in [5, 5.41) is 2.99. The molecule has 1 radical (unpaired) electrons. The molecule has 0 saturated heterocycles. The van der Waals surface area contributed by atoms with Gasteiger partial charge >= 0.3 is 0 Å². The van der Waals surface area contributed by atoms with E-state index >= 15 is 0 Å². The smallest absolute Gasteiger partial charge is 0.123 e. The number of aryl methyl sites for hydroxylation is 1. The van der Waals surface area contributed by atoms with Gasteiger partial charge in [-0.05, 0) is 70.3 Å². The monoisotopic (exact) mass is 777 g/mol. The van der Waals surface area contributed by atoms with Crippen LogP contribution in [0.15, 0.2) is 89.7 Å². The molecule has 231 valence electrons. The Kier molecular flexibility index (Phi) is 6.93. The van der Waals surface area contributed by atoms with Gasteiger partial charge in [0.2, 0.25) is 0 Å². The summed E-state index contributed by atoms with van der Waals surface area (Å²) < 4.78 is 61.9. The molecule has 4 nitrogen and oxygen atoms in total. The Hall–Kier alpha value is -3.92. The molecule has 0 amide bonds. The van der Waals surface area contributed by atoms with E-state index in [0.29, 0.717) is 33.7 Å². The van der Waals surface area contributed by atoms with Crippen LogP contribution in [0.5, 0.6) is 0 Å². The van der Waals surface area contributed by atoms with Crippen molar-refractivity contribution in [2.75, 3.05) is 0 Å². The third-order valence-electron chi connectivity index (χ3n) is 6.83. The van der Waals surface area contributed by atoms with E-state index in [2.05, 4.69) is 27.1 Å². The topological polar surface area (TPSA) is 51.8 Å². The summed E-state index contributed by atoms with van der Waals surface area (Å²) in [7, 11) is 0. The first-order valence-corrected chi connectivity index (χ1v) is 14.6. The third kappa shape index (κ3) is 7.49. The van der Waals surface area contributed by atoms with Crippen LogP contribution in [0, 0.1) is 29.8 Å². The summed E-state index contributed by atoms with van der Waals surface area (Å²) in [5.74, 6) is 0. The van der Waals surface area contributed by atoms with Crippen LogP contribution in [-0.2, 0) is 32.9 Å². The molecule has 0 aliphatic heterocycles. The minimum absolute atomic E-state index is 0. The first kappa shape index (κ1) is 24.3. The van der Waals surface area contributed by atoms with E-state index in [-0.39, 0.29) is 25.7 Å². The zero-order valence-electron chi connectivity index (χ0n) is 33.2. The summed E-state index contributed by atoms with van der Waals surface area (Å²) in [4.78, 5) is 13.3. The van der Waals surface area contributed by atoms with E-state index in [0.717, 1.165) is 32.8 Å². The van der Waals surface area contributed by atoms with Crippen LogP contribution in [-0.4, -0.2) is 15.0 Å². The SMILES string of the molecule is [2H]C([2H])([2H])c1c[c-]c(-c2ccc(C([2H])([2H])C(C)(C)C)cn2)cc1.[2H]C([2H])(c1ccnc(-c2[c-]cc3cnc4cccc5oc2c3c45)c1)C(C)(C)C.[Ir]. The Morgan fingerprint density at radius 1 is 0.778 bits per heavy atom. The van der Waals surface area contributed by atoms with Gasteiger partial charge in [0.1, 0.15) is 5.58 Å². The van der Waals surface area contributed by atoms with Crippen molar-refractivity contribution < 1.29 is 34.1 Å². The molecule has 5 heteroatoms. The number of hydrogen-bond donors (Lipinski definition) is 0. The molecule has 4 aromatic heterocycles. The van der Waals surface area contributed by atoms with Crippen molar-refractivity contribution in [1.29, 1.82) is 0 Å². The molecule has 7 rings (SSSR count). The molecule has 0 N–H and O–H groups in total. The molecule has 0 fully saturated rings. The van der Waals surface area contributed by atoms with E-state index in [1.807, 2.05) is 78.1 Å². The maximum atomic E-state index is 8.59. The van der Waals surface area contributed by atoms with Gasteiger partial charge in [0.25, 0.3) is 0 Å². The largest absolute Gasteiger partial charge is 0.500 e. The van der Waals surface area contributed by atoms with Gasteiger partial charge in [0.05, 0.1) is 11.1 Å². The number of benzene rings is 3. The number of pyridine rings is 3. The molecule has 0 unspecified atom stereocenters. The van der Waals surface area contributed by atoms with Gasteiger partial charge < -0.3 is 14.4 Å². The predicted octanol–water partition coefficient (Wildman–Crippen LogP) is 10.5. The molecular weight excluding hydrogens is 731 g/mol. The Morgan fingerprint density at radius 2 is 1.58 bits per heavy atom.